The van der Waals surface area contributed by atoms with Gasteiger partial charge in [0.15, 0.2) is 5.65 Å². The maximum Gasteiger partial charge on any atom is 0.256 e. The lowest BCUT2D eigenvalue weighted by Gasteiger charge is -2.21. The van der Waals surface area contributed by atoms with Gasteiger partial charge in [-0.2, -0.15) is 9.61 Å². The molecule has 1 aromatic carbocycles. The second kappa shape index (κ2) is 8.61. The molecule has 1 aliphatic rings. The van der Waals surface area contributed by atoms with Crippen molar-refractivity contribution in [3.63, 3.8) is 0 Å². The van der Waals surface area contributed by atoms with Crippen LogP contribution in [0.25, 0.3) is 5.65 Å². The van der Waals surface area contributed by atoms with Gasteiger partial charge in [0.1, 0.15) is 11.6 Å². The monoisotopic (exact) mass is 434 g/mol. The van der Waals surface area contributed by atoms with Gasteiger partial charge in [0.25, 0.3) is 5.91 Å². The fourth-order valence-electron chi connectivity index (χ4n) is 3.99. The highest BCUT2D eigenvalue weighted by atomic mass is 16.2. The number of nitrogens with one attached hydrogen (secondary N) is 2. The molecule has 168 valence electrons. The minimum absolute atomic E-state index is 0.0117. The van der Waals surface area contributed by atoms with Crippen LogP contribution in [0.3, 0.4) is 0 Å². The van der Waals surface area contributed by atoms with Gasteiger partial charge in [-0.15, -0.1) is 0 Å². The number of anilines is 2. The maximum absolute atomic E-state index is 12.9. The van der Waals surface area contributed by atoms with Crippen molar-refractivity contribution in [1.82, 2.24) is 19.9 Å². The first-order valence-electron chi connectivity index (χ1n) is 11.0. The number of hydrogen-bond acceptors (Lipinski definition) is 5. The zero-order chi connectivity index (χ0) is 22.9. The van der Waals surface area contributed by atoms with Gasteiger partial charge in [0, 0.05) is 44.3 Å². The zero-order valence-electron chi connectivity index (χ0n) is 19.1. The van der Waals surface area contributed by atoms with E-state index in [-0.39, 0.29) is 17.2 Å². The smallest absolute Gasteiger partial charge is 0.256 e. The number of rotatable bonds is 5. The van der Waals surface area contributed by atoms with Crippen molar-refractivity contribution in [2.75, 3.05) is 29.9 Å². The van der Waals surface area contributed by atoms with Crippen LogP contribution in [-0.4, -0.2) is 46.0 Å². The van der Waals surface area contributed by atoms with Crippen molar-refractivity contribution in [2.24, 2.45) is 5.92 Å². The molecule has 2 N–H and O–H groups in total. The van der Waals surface area contributed by atoms with E-state index in [0.717, 1.165) is 25.3 Å². The molecule has 1 aliphatic heterocycles. The third-order valence-corrected chi connectivity index (χ3v) is 5.84. The third kappa shape index (κ3) is 4.74. The van der Waals surface area contributed by atoms with Crippen LogP contribution in [0.2, 0.25) is 0 Å². The summed E-state index contributed by atoms with van der Waals surface area (Å²) in [6.45, 7) is 10.3. The Bertz CT molecular complexity index is 1130. The molecular formula is C24H30N6O2. The molecule has 1 fully saturated rings. The lowest BCUT2D eigenvalue weighted by atomic mass is 9.87. The minimum atomic E-state index is -0.197. The molecule has 4 rings (SSSR count). The van der Waals surface area contributed by atoms with E-state index >= 15 is 0 Å². The van der Waals surface area contributed by atoms with E-state index < -0.39 is 0 Å². The molecule has 3 aromatic rings. The summed E-state index contributed by atoms with van der Waals surface area (Å²) in [6.07, 6.45) is 2.68. The highest BCUT2D eigenvalue weighted by molar-refractivity contribution is 6.04. The van der Waals surface area contributed by atoms with Crippen LogP contribution in [0.1, 0.15) is 50.0 Å². The molecule has 8 nitrogen and oxygen atoms in total. The van der Waals surface area contributed by atoms with Gasteiger partial charge >= 0.3 is 0 Å². The molecule has 0 saturated carbocycles. The molecule has 3 heterocycles. The van der Waals surface area contributed by atoms with Crippen molar-refractivity contribution >= 4 is 29.1 Å². The fourth-order valence-corrected chi connectivity index (χ4v) is 3.99. The van der Waals surface area contributed by atoms with Crippen LogP contribution in [0.5, 0.6) is 0 Å². The molecule has 0 aliphatic carbocycles. The highest BCUT2D eigenvalue weighted by Gasteiger charge is 2.25. The molecular weight excluding hydrogens is 404 g/mol. The molecule has 1 atom stereocenters. The number of fused-ring (bicyclic) bond motifs is 1. The molecule has 2 amide bonds. The summed E-state index contributed by atoms with van der Waals surface area (Å²) in [7, 11) is 0. The van der Waals surface area contributed by atoms with E-state index in [9.17, 15) is 9.59 Å². The second-order valence-corrected chi connectivity index (χ2v) is 9.42. The predicted molar refractivity (Wildman–Crippen MR) is 125 cm³/mol. The van der Waals surface area contributed by atoms with Crippen molar-refractivity contribution in [1.29, 1.82) is 0 Å². The summed E-state index contributed by atoms with van der Waals surface area (Å²) >= 11 is 0. The number of carbonyl (C=O) groups excluding carboxylic acids is 2. The summed E-state index contributed by atoms with van der Waals surface area (Å²) in [4.78, 5) is 30.9. The standard InChI is InChI=1S/C24H30N6O2/c1-16(31)25-14-17-10-12-29(15-17)22-13-20(27-21-9-11-26-30(21)22)28-23(32)18-5-7-19(8-6-18)24(2,3)4/h5-9,11,13,17H,10,12,14-15H2,1-4H3,(H,25,31)(H,27,28,32). The Balaban J connectivity index is 1.53. The molecule has 0 bridgehead atoms. The Morgan fingerprint density at radius 1 is 1.16 bits per heavy atom. The maximum atomic E-state index is 12.9. The Morgan fingerprint density at radius 3 is 2.59 bits per heavy atom. The van der Waals surface area contributed by atoms with E-state index in [2.05, 4.69) is 46.4 Å². The summed E-state index contributed by atoms with van der Waals surface area (Å²) in [5.41, 5.74) is 2.47. The zero-order valence-corrected chi connectivity index (χ0v) is 19.1. The average Bonchev–Trinajstić information content (AvgIpc) is 3.40. The lowest BCUT2D eigenvalue weighted by molar-refractivity contribution is -0.119. The van der Waals surface area contributed by atoms with Crippen LogP contribution in [-0.2, 0) is 10.2 Å². The van der Waals surface area contributed by atoms with Crippen LogP contribution >= 0.6 is 0 Å². The van der Waals surface area contributed by atoms with Gasteiger partial charge < -0.3 is 15.5 Å². The molecule has 8 heteroatoms. The first kappa shape index (κ1) is 21.8. The second-order valence-electron chi connectivity index (χ2n) is 9.42. The van der Waals surface area contributed by atoms with Crippen molar-refractivity contribution in [3.8, 4) is 0 Å². The third-order valence-electron chi connectivity index (χ3n) is 5.84. The quantitative estimate of drug-likeness (QED) is 0.643. The number of aromatic nitrogens is 3. The van der Waals surface area contributed by atoms with Gasteiger partial charge in [-0.3, -0.25) is 9.59 Å². The van der Waals surface area contributed by atoms with Crippen molar-refractivity contribution in [3.05, 3.63) is 53.7 Å². The van der Waals surface area contributed by atoms with E-state index in [1.54, 1.807) is 10.7 Å². The summed E-state index contributed by atoms with van der Waals surface area (Å²) in [5.74, 6) is 1.53. The topological polar surface area (TPSA) is 91.6 Å². The van der Waals surface area contributed by atoms with E-state index in [0.29, 0.717) is 29.5 Å². The highest BCUT2D eigenvalue weighted by Crippen LogP contribution is 2.27. The summed E-state index contributed by atoms with van der Waals surface area (Å²) < 4.78 is 1.79. The SMILES string of the molecule is CC(=O)NCC1CCN(c2cc(NC(=O)c3ccc(C(C)(C)C)cc3)nc3ccnn23)C1. The Hall–Kier alpha value is -3.42. The predicted octanol–water partition coefficient (Wildman–Crippen LogP) is 3.24. The van der Waals surface area contributed by atoms with Crippen molar-refractivity contribution in [2.45, 2.75) is 39.5 Å². The first-order valence-corrected chi connectivity index (χ1v) is 11.0. The fraction of sp³-hybridized carbons (Fsp3) is 0.417. The minimum Gasteiger partial charge on any atom is -0.356 e. The van der Waals surface area contributed by atoms with E-state index in [1.165, 1.54) is 12.5 Å². The van der Waals surface area contributed by atoms with Crippen LogP contribution in [0, 0.1) is 5.92 Å². The van der Waals surface area contributed by atoms with Gasteiger partial charge in [-0.05, 0) is 35.4 Å². The Kier molecular flexibility index (Phi) is 5.86. The number of carbonyl (C=O) groups is 2. The largest absolute Gasteiger partial charge is 0.356 e. The van der Waals surface area contributed by atoms with Crippen LogP contribution in [0.4, 0.5) is 11.6 Å². The van der Waals surface area contributed by atoms with E-state index in [1.807, 2.05) is 36.4 Å². The molecule has 0 spiro atoms. The number of hydrogen-bond donors (Lipinski definition) is 2. The van der Waals surface area contributed by atoms with Crippen molar-refractivity contribution < 1.29 is 9.59 Å². The number of benzene rings is 1. The van der Waals surface area contributed by atoms with Gasteiger partial charge in [0.05, 0.1) is 6.20 Å². The first-order chi connectivity index (χ1) is 15.2. The Morgan fingerprint density at radius 2 is 1.91 bits per heavy atom. The average molecular weight is 435 g/mol. The van der Waals surface area contributed by atoms with Crippen LogP contribution < -0.4 is 15.5 Å². The van der Waals surface area contributed by atoms with Gasteiger partial charge in [-0.1, -0.05) is 32.9 Å². The Labute approximate surface area is 188 Å². The normalized spacial score (nSPS) is 16.4. The lowest BCUT2D eigenvalue weighted by Crippen LogP contribution is -2.30. The molecule has 1 unspecified atom stereocenters. The number of nitrogens with zero attached hydrogens (tertiary/aromatic N) is 4. The molecule has 2 aromatic heterocycles. The van der Waals surface area contributed by atoms with Gasteiger partial charge in [0.2, 0.25) is 5.91 Å². The van der Waals surface area contributed by atoms with E-state index in [4.69, 9.17) is 0 Å². The molecule has 0 radical (unpaired) electrons. The molecule has 1 saturated heterocycles. The summed E-state index contributed by atoms with van der Waals surface area (Å²) in [5, 5.41) is 10.2. The number of amides is 2. The molecule has 32 heavy (non-hydrogen) atoms. The van der Waals surface area contributed by atoms with Gasteiger partial charge in [-0.25, -0.2) is 4.98 Å². The van der Waals surface area contributed by atoms with Crippen LogP contribution in [0.15, 0.2) is 42.6 Å². The summed E-state index contributed by atoms with van der Waals surface area (Å²) in [6, 6.07) is 11.4.